The molecule has 0 saturated carbocycles. The predicted octanol–water partition coefficient (Wildman–Crippen LogP) is 11.0. The molecule has 3 rings (SSSR count). The summed E-state index contributed by atoms with van der Waals surface area (Å²) in [4.78, 5) is 24.3. The molecule has 1 aliphatic rings. The second kappa shape index (κ2) is 17.8. The lowest BCUT2D eigenvalue weighted by Crippen LogP contribution is -2.44. The fourth-order valence-electron chi connectivity index (χ4n) is 6.05. The van der Waals surface area contributed by atoms with Gasteiger partial charge in [-0.25, -0.2) is 4.79 Å². The Morgan fingerprint density at radius 3 is 2.20 bits per heavy atom. The maximum absolute atomic E-state index is 13.3. The van der Waals surface area contributed by atoms with Crippen molar-refractivity contribution in [3.63, 3.8) is 0 Å². The standard InChI is InChI=1S/C39H58O5Si/c1-7-8-12-19-34(44-45(5,6)39(2,3)4)28-26-32-27-29-36(35(32)20-15-9-10-16-21-37(40)41)43-38(42)33-24-22-31(23-25-33)30-17-13-11-14-18-30/h11,13-14,17-18,22-25,27,34-36H,7-10,12,15-16,19-21,26,28-29H2,1-6H3,(H,40,41)/t34-,35-,36+/m1/s1. The minimum absolute atomic E-state index is 0.167. The molecule has 0 aliphatic heterocycles. The van der Waals surface area contributed by atoms with Crippen molar-refractivity contribution in [1.29, 1.82) is 0 Å². The van der Waals surface area contributed by atoms with E-state index in [1.54, 1.807) is 0 Å². The van der Waals surface area contributed by atoms with Gasteiger partial charge in [-0.15, -0.1) is 0 Å². The van der Waals surface area contributed by atoms with Gasteiger partial charge in [0.1, 0.15) is 6.10 Å². The van der Waals surface area contributed by atoms with E-state index >= 15 is 0 Å². The number of hydrogen-bond donors (Lipinski definition) is 1. The normalized spacial score (nSPS) is 17.6. The number of hydrogen-bond acceptors (Lipinski definition) is 4. The van der Waals surface area contributed by atoms with E-state index in [0.29, 0.717) is 12.0 Å². The first-order valence-electron chi connectivity index (χ1n) is 17.4. The molecule has 5 nitrogen and oxygen atoms in total. The molecule has 0 unspecified atom stereocenters. The number of aliphatic carboxylic acids is 1. The van der Waals surface area contributed by atoms with E-state index < -0.39 is 14.3 Å². The topological polar surface area (TPSA) is 72.8 Å². The summed E-state index contributed by atoms with van der Waals surface area (Å²) in [6.07, 6.45) is 14.6. The SMILES string of the molecule is CCCCC[C@H](CCC1=CC[C@H](OC(=O)c2ccc(-c3ccccc3)cc2)[C@@H]1CCCCCCC(=O)O)O[Si](C)(C)C(C)(C)C. The zero-order valence-electron chi connectivity index (χ0n) is 28.8. The van der Waals surface area contributed by atoms with E-state index in [-0.39, 0.29) is 35.6 Å². The average Bonchev–Trinajstić information content (AvgIpc) is 3.38. The van der Waals surface area contributed by atoms with Gasteiger partial charge in [-0.2, -0.15) is 0 Å². The molecule has 0 spiro atoms. The third-order valence-electron chi connectivity index (χ3n) is 9.83. The number of rotatable bonds is 19. The van der Waals surface area contributed by atoms with Crippen LogP contribution in [0.15, 0.2) is 66.2 Å². The summed E-state index contributed by atoms with van der Waals surface area (Å²) in [5.74, 6) is -0.797. The molecule has 0 bridgehead atoms. The number of ether oxygens (including phenoxy) is 1. The molecule has 2 aromatic carbocycles. The van der Waals surface area contributed by atoms with Crippen LogP contribution in [0.3, 0.4) is 0 Å². The monoisotopic (exact) mass is 634 g/mol. The van der Waals surface area contributed by atoms with Crippen LogP contribution in [0.1, 0.15) is 122 Å². The molecular formula is C39H58O5Si. The molecule has 248 valence electrons. The molecule has 0 saturated heterocycles. The second-order valence-electron chi connectivity index (χ2n) is 14.4. The Balaban J connectivity index is 1.67. The lowest BCUT2D eigenvalue weighted by molar-refractivity contribution is -0.137. The molecule has 3 atom stereocenters. The van der Waals surface area contributed by atoms with Crippen molar-refractivity contribution in [3.8, 4) is 11.1 Å². The number of carboxylic acid groups (broad SMARTS) is 1. The Bertz CT molecular complexity index is 1210. The summed E-state index contributed by atoms with van der Waals surface area (Å²) in [5.41, 5.74) is 4.17. The molecule has 0 aromatic heterocycles. The van der Waals surface area contributed by atoms with Gasteiger partial charge < -0.3 is 14.3 Å². The van der Waals surface area contributed by atoms with Crippen molar-refractivity contribution in [2.24, 2.45) is 5.92 Å². The van der Waals surface area contributed by atoms with Crippen molar-refractivity contribution >= 4 is 20.3 Å². The van der Waals surface area contributed by atoms with Crippen LogP contribution in [0.4, 0.5) is 0 Å². The van der Waals surface area contributed by atoms with Crippen LogP contribution in [0.2, 0.25) is 18.1 Å². The van der Waals surface area contributed by atoms with Crippen LogP contribution in [0.25, 0.3) is 11.1 Å². The summed E-state index contributed by atoms with van der Waals surface area (Å²) in [5, 5.41) is 9.16. The largest absolute Gasteiger partial charge is 0.481 e. The molecule has 2 aromatic rings. The number of carboxylic acids is 1. The minimum Gasteiger partial charge on any atom is -0.481 e. The third-order valence-corrected chi connectivity index (χ3v) is 14.4. The Morgan fingerprint density at radius 1 is 0.889 bits per heavy atom. The summed E-state index contributed by atoms with van der Waals surface area (Å²) in [6.45, 7) is 13.9. The van der Waals surface area contributed by atoms with Crippen LogP contribution < -0.4 is 0 Å². The van der Waals surface area contributed by atoms with E-state index in [4.69, 9.17) is 14.3 Å². The highest BCUT2D eigenvalue weighted by Gasteiger charge is 2.39. The van der Waals surface area contributed by atoms with E-state index in [2.05, 4.69) is 59.0 Å². The quantitative estimate of drug-likeness (QED) is 0.0720. The average molecular weight is 635 g/mol. The summed E-state index contributed by atoms with van der Waals surface area (Å²) in [6, 6.07) is 17.9. The van der Waals surface area contributed by atoms with Crippen molar-refractivity contribution in [2.75, 3.05) is 0 Å². The smallest absolute Gasteiger partial charge is 0.338 e. The molecule has 0 radical (unpaired) electrons. The fourth-order valence-corrected chi connectivity index (χ4v) is 7.47. The molecular weight excluding hydrogens is 577 g/mol. The van der Waals surface area contributed by atoms with Crippen molar-refractivity contribution in [1.82, 2.24) is 0 Å². The van der Waals surface area contributed by atoms with Crippen LogP contribution in [0, 0.1) is 5.92 Å². The maximum Gasteiger partial charge on any atom is 0.338 e. The van der Waals surface area contributed by atoms with Gasteiger partial charge in [0, 0.05) is 24.9 Å². The Morgan fingerprint density at radius 2 is 1.56 bits per heavy atom. The molecule has 1 aliphatic carbocycles. The highest BCUT2D eigenvalue weighted by molar-refractivity contribution is 6.74. The summed E-state index contributed by atoms with van der Waals surface area (Å²) < 4.78 is 13.2. The minimum atomic E-state index is -1.89. The van der Waals surface area contributed by atoms with Gasteiger partial charge in [-0.3, -0.25) is 4.79 Å². The van der Waals surface area contributed by atoms with Crippen molar-refractivity contribution < 1.29 is 23.9 Å². The second-order valence-corrected chi connectivity index (χ2v) is 19.1. The number of unbranched alkanes of at least 4 members (excludes halogenated alkanes) is 5. The van der Waals surface area contributed by atoms with E-state index in [9.17, 15) is 9.59 Å². The molecule has 6 heteroatoms. The highest BCUT2D eigenvalue weighted by Crippen LogP contribution is 2.40. The number of benzene rings is 2. The van der Waals surface area contributed by atoms with Crippen LogP contribution in [-0.2, 0) is 14.0 Å². The van der Waals surface area contributed by atoms with Crippen molar-refractivity contribution in [3.05, 3.63) is 71.8 Å². The highest BCUT2D eigenvalue weighted by atomic mass is 28.4. The lowest BCUT2D eigenvalue weighted by Gasteiger charge is -2.39. The van der Waals surface area contributed by atoms with E-state index in [1.807, 2.05) is 42.5 Å². The third kappa shape index (κ3) is 11.9. The molecule has 45 heavy (non-hydrogen) atoms. The number of carbonyl (C=O) groups is 2. The van der Waals surface area contributed by atoms with Gasteiger partial charge in [0.25, 0.3) is 0 Å². The Labute approximate surface area is 273 Å². The number of carbonyl (C=O) groups excluding carboxylic acids is 1. The first kappa shape index (κ1) is 36.8. The summed E-state index contributed by atoms with van der Waals surface area (Å²) >= 11 is 0. The predicted molar refractivity (Wildman–Crippen MR) is 188 cm³/mol. The number of esters is 1. The Hall–Kier alpha value is -2.70. The first-order chi connectivity index (χ1) is 21.4. The van der Waals surface area contributed by atoms with Gasteiger partial charge in [0.2, 0.25) is 0 Å². The summed E-state index contributed by atoms with van der Waals surface area (Å²) in [7, 11) is -1.89. The Kier molecular flexibility index (Phi) is 14.6. The molecule has 0 amide bonds. The fraction of sp³-hybridized carbons (Fsp3) is 0.590. The van der Waals surface area contributed by atoms with Gasteiger partial charge >= 0.3 is 11.9 Å². The zero-order chi connectivity index (χ0) is 32.9. The van der Waals surface area contributed by atoms with Gasteiger partial charge in [-0.1, -0.05) is 120 Å². The lowest BCUT2D eigenvalue weighted by atomic mass is 9.89. The van der Waals surface area contributed by atoms with Gasteiger partial charge in [-0.05, 0) is 73.5 Å². The van der Waals surface area contributed by atoms with Gasteiger partial charge in [0.05, 0.1) is 5.56 Å². The zero-order valence-corrected chi connectivity index (χ0v) is 29.8. The van der Waals surface area contributed by atoms with Crippen molar-refractivity contribution in [2.45, 2.75) is 142 Å². The first-order valence-corrected chi connectivity index (χ1v) is 20.3. The molecule has 1 N–H and O–H groups in total. The molecule has 0 fully saturated rings. The maximum atomic E-state index is 13.3. The van der Waals surface area contributed by atoms with Crippen LogP contribution in [-0.4, -0.2) is 37.6 Å². The molecule has 0 heterocycles. The van der Waals surface area contributed by atoms with E-state index in [1.165, 1.54) is 24.8 Å². The van der Waals surface area contributed by atoms with E-state index in [0.717, 1.165) is 62.5 Å². The van der Waals surface area contributed by atoms with Crippen LogP contribution >= 0.6 is 0 Å². The van der Waals surface area contributed by atoms with Gasteiger partial charge in [0.15, 0.2) is 8.32 Å². The van der Waals surface area contributed by atoms with Crippen LogP contribution in [0.5, 0.6) is 0 Å².